The maximum absolute atomic E-state index is 6.29. The Balaban J connectivity index is 2.09. The minimum Gasteiger partial charge on any atom is -0.319 e. The van der Waals surface area contributed by atoms with Gasteiger partial charge in [0.05, 0.1) is 0 Å². The summed E-state index contributed by atoms with van der Waals surface area (Å²) in [7, 11) is 1.98. The molecule has 1 atom stereocenters. The van der Waals surface area contributed by atoms with E-state index in [-0.39, 0.29) is 0 Å². The monoisotopic (exact) mass is 385 g/mol. The first-order valence-corrected chi connectivity index (χ1v) is 8.46. The lowest BCUT2D eigenvalue weighted by Crippen LogP contribution is -2.23. The molecule has 2 rings (SSSR count). The van der Waals surface area contributed by atoms with Crippen LogP contribution in [0.1, 0.15) is 11.1 Å². The van der Waals surface area contributed by atoms with E-state index in [9.17, 15) is 0 Å². The molecule has 4 heteroatoms. The third-order valence-corrected chi connectivity index (χ3v) is 4.57. The van der Waals surface area contributed by atoms with Gasteiger partial charge < -0.3 is 5.32 Å². The van der Waals surface area contributed by atoms with Crippen molar-refractivity contribution in [1.29, 1.82) is 0 Å². The van der Waals surface area contributed by atoms with Gasteiger partial charge >= 0.3 is 0 Å². The Labute approximate surface area is 144 Å². The van der Waals surface area contributed by atoms with Gasteiger partial charge in [0, 0.05) is 14.5 Å². The molecule has 1 nitrogen and oxygen atoms in total. The van der Waals surface area contributed by atoms with Crippen LogP contribution in [0.15, 0.2) is 46.9 Å². The van der Waals surface area contributed by atoms with E-state index in [1.807, 2.05) is 25.2 Å². The first kappa shape index (κ1) is 16.8. The fraction of sp³-hybridized carbons (Fsp3) is 0.294. The van der Waals surface area contributed by atoms with Crippen LogP contribution in [-0.4, -0.2) is 13.6 Å². The largest absolute Gasteiger partial charge is 0.319 e. The highest BCUT2D eigenvalue weighted by molar-refractivity contribution is 9.10. The average molecular weight is 387 g/mol. The number of hydrogen-bond acceptors (Lipinski definition) is 1. The number of nitrogens with one attached hydrogen (secondary N) is 1. The van der Waals surface area contributed by atoms with Crippen LogP contribution in [0.4, 0.5) is 0 Å². The van der Waals surface area contributed by atoms with E-state index in [1.54, 1.807) is 0 Å². The van der Waals surface area contributed by atoms with Crippen molar-refractivity contribution in [3.63, 3.8) is 0 Å². The summed E-state index contributed by atoms with van der Waals surface area (Å²) in [4.78, 5) is 0. The number of benzene rings is 2. The first-order chi connectivity index (χ1) is 10.1. The van der Waals surface area contributed by atoms with Crippen molar-refractivity contribution in [3.05, 3.63) is 68.1 Å². The first-order valence-electron chi connectivity index (χ1n) is 6.91. The van der Waals surface area contributed by atoms with E-state index in [0.717, 1.165) is 34.4 Å². The van der Waals surface area contributed by atoms with Gasteiger partial charge in [-0.05, 0) is 67.7 Å². The van der Waals surface area contributed by atoms with Crippen molar-refractivity contribution >= 4 is 39.1 Å². The summed E-state index contributed by atoms with van der Waals surface area (Å²) in [5, 5.41) is 4.70. The van der Waals surface area contributed by atoms with Crippen LogP contribution in [0.2, 0.25) is 10.0 Å². The maximum Gasteiger partial charge on any atom is 0.0452 e. The van der Waals surface area contributed by atoms with Crippen LogP contribution in [0.25, 0.3) is 0 Å². The standard InChI is InChI=1S/C17H18BrCl2N/c1-21-11-13(8-12-2-5-15(18)6-3-12)9-14-4-7-16(19)10-17(14)20/h2-7,10,13,21H,8-9,11H2,1H3. The molecular formula is C17H18BrCl2N. The molecule has 0 aliphatic carbocycles. The second-order valence-electron chi connectivity index (χ2n) is 5.19. The average Bonchev–Trinajstić information content (AvgIpc) is 2.44. The lowest BCUT2D eigenvalue weighted by Gasteiger charge is -2.18. The SMILES string of the molecule is CNCC(Cc1ccc(Br)cc1)Cc1ccc(Cl)cc1Cl. The summed E-state index contributed by atoms with van der Waals surface area (Å²) >= 11 is 15.7. The Hall–Kier alpha value is -0.540. The molecule has 0 saturated heterocycles. The van der Waals surface area contributed by atoms with Gasteiger partial charge in [-0.15, -0.1) is 0 Å². The molecule has 112 valence electrons. The molecule has 0 aromatic heterocycles. The second kappa shape index (κ2) is 8.19. The molecule has 0 amide bonds. The number of halogens is 3. The zero-order valence-electron chi connectivity index (χ0n) is 11.9. The molecule has 1 unspecified atom stereocenters. The minimum absolute atomic E-state index is 0.495. The summed E-state index contributed by atoms with van der Waals surface area (Å²) in [6.45, 7) is 0.953. The molecular weight excluding hydrogens is 369 g/mol. The van der Waals surface area contributed by atoms with Gasteiger partial charge in [-0.25, -0.2) is 0 Å². The van der Waals surface area contributed by atoms with Crippen molar-refractivity contribution in [2.75, 3.05) is 13.6 Å². The maximum atomic E-state index is 6.29. The highest BCUT2D eigenvalue weighted by Crippen LogP contribution is 2.25. The summed E-state index contributed by atoms with van der Waals surface area (Å²) < 4.78 is 1.11. The quantitative estimate of drug-likeness (QED) is 0.702. The molecule has 0 aliphatic rings. The zero-order chi connectivity index (χ0) is 15.2. The molecule has 21 heavy (non-hydrogen) atoms. The lowest BCUT2D eigenvalue weighted by molar-refractivity contribution is 0.493. The van der Waals surface area contributed by atoms with Crippen LogP contribution in [0.5, 0.6) is 0 Å². The molecule has 0 fully saturated rings. The van der Waals surface area contributed by atoms with Crippen molar-refractivity contribution in [1.82, 2.24) is 5.32 Å². The third-order valence-electron chi connectivity index (χ3n) is 3.45. The summed E-state index contributed by atoms with van der Waals surface area (Å²) in [6.07, 6.45) is 1.96. The Morgan fingerprint density at radius 1 is 1.05 bits per heavy atom. The van der Waals surface area contributed by atoms with Gasteiger partial charge in [-0.1, -0.05) is 57.3 Å². The molecule has 0 heterocycles. The van der Waals surface area contributed by atoms with Crippen LogP contribution >= 0.6 is 39.1 Å². The fourth-order valence-corrected chi connectivity index (χ4v) is 3.21. The minimum atomic E-state index is 0.495. The Morgan fingerprint density at radius 3 is 2.38 bits per heavy atom. The van der Waals surface area contributed by atoms with Gasteiger partial charge in [-0.2, -0.15) is 0 Å². The smallest absolute Gasteiger partial charge is 0.0452 e. The van der Waals surface area contributed by atoms with Crippen molar-refractivity contribution in [3.8, 4) is 0 Å². The van der Waals surface area contributed by atoms with Gasteiger partial charge in [-0.3, -0.25) is 0 Å². The normalized spacial score (nSPS) is 12.4. The molecule has 0 radical (unpaired) electrons. The van der Waals surface area contributed by atoms with E-state index in [4.69, 9.17) is 23.2 Å². The van der Waals surface area contributed by atoms with Crippen LogP contribution < -0.4 is 5.32 Å². The predicted molar refractivity (Wildman–Crippen MR) is 95.4 cm³/mol. The Kier molecular flexibility index (Phi) is 6.56. The van der Waals surface area contributed by atoms with E-state index in [1.165, 1.54) is 5.56 Å². The predicted octanol–water partition coefficient (Wildman–Crippen LogP) is 5.38. The van der Waals surface area contributed by atoms with Gasteiger partial charge in [0.2, 0.25) is 0 Å². The molecule has 0 saturated carbocycles. The molecule has 1 N–H and O–H groups in total. The lowest BCUT2D eigenvalue weighted by atomic mass is 9.92. The Bertz CT molecular complexity index is 584. The van der Waals surface area contributed by atoms with Crippen LogP contribution in [-0.2, 0) is 12.8 Å². The summed E-state index contributed by atoms with van der Waals surface area (Å²) in [6, 6.07) is 14.2. The highest BCUT2D eigenvalue weighted by atomic mass is 79.9. The number of rotatable bonds is 6. The molecule has 2 aromatic carbocycles. The second-order valence-corrected chi connectivity index (χ2v) is 6.95. The zero-order valence-corrected chi connectivity index (χ0v) is 15.0. The number of hydrogen-bond donors (Lipinski definition) is 1. The van der Waals surface area contributed by atoms with E-state index < -0.39 is 0 Å². The molecule has 0 bridgehead atoms. The molecule has 0 spiro atoms. The van der Waals surface area contributed by atoms with Crippen LogP contribution in [0, 0.1) is 5.92 Å². The van der Waals surface area contributed by atoms with Gasteiger partial charge in [0.25, 0.3) is 0 Å². The topological polar surface area (TPSA) is 12.0 Å². The van der Waals surface area contributed by atoms with E-state index >= 15 is 0 Å². The van der Waals surface area contributed by atoms with Gasteiger partial charge in [0.15, 0.2) is 0 Å². The van der Waals surface area contributed by atoms with Gasteiger partial charge in [0.1, 0.15) is 0 Å². The summed E-state index contributed by atoms with van der Waals surface area (Å²) in [5.74, 6) is 0.495. The van der Waals surface area contributed by atoms with Crippen molar-refractivity contribution in [2.45, 2.75) is 12.8 Å². The van der Waals surface area contributed by atoms with E-state index in [0.29, 0.717) is 10.9 Å². The molecule has 2 aromatic rings. The molecule has 0 aliphatic heterocycles. The van der Waals surface area contributed by atoms with Crippen LogP contribution in [0.3, 0.4) is 0 Å². The van der Waals surface area contributed by atoms with Crippen molar-refractivity contribution < 1.29 is 0 Å². The van der Waals surface area contributed by atoms with E-state index in [2.05, 4.69) is 45.5 Å². The summed E-state index contributed by atoms with van der Waals surface area (Å²) in [5.41, 5.74) is 2.49. The third kappa shape index (κ3) is 5.30. The van der Waals surface area contributed by atoms with Crippen molar-refractivity contribution in [2.24, 2.45) is 5.92 Å². The fourth-order valence-electron chi connectivity index (χ4n) is 2.46. The highest BCUT2D eigenvalue weighted by Gasteiger charge is 2.12. The Morgan fingerprint density at radius 2 is 1.76 bits per heavy atom.